The van der Waals surface area contributed by atoms with Gasteiger partial charge in [0.25, 0.3) is 5.91 Å². The minimum atomic E-state index is -0.954. The highest BCUT2D eigenvalue weighted by molar-refractivity contribution is 9.10. The predicted octanol–water partition coefficient (Wildman–Crippen LogP) is 2.76. The molecule has 8 heteroatoms. The van der Waals surface area contributed by atoms with Crippen LogP contribution in [0.2, 0.25) is 0 Å². The first-order valence-corrected chi connectivity index (χ1v) is 8.94. The number of hydrogen-bond donors (Lipinski definition) is 0. The minimum absolute atomic E-state index is 0.363. The summed E-state index contributed by atoms with van der Waals surface area (Å²) in [7, 11) is 3.07. The van der Waals surface area contributed by atoms with Crippen molar-refractivity contribution in [2.45, 2.75) is 6.10 Å². The molecule has 0 radical (unpaired) electrons. The van der Waals surface area contributed by atoms with Gasteiger partial charge < -0.3 is 14.3 Å². The second-order valence-electron chi connectivity index (χ2n) is 6.04. The lowest BCUT2D eigenvalue weighted by Gasteiger charge is -2.15. The van der Waals surface area contributed by atoms with Crippen LogP contribution in [0.25, 0.3) is 0 Å². The number of carbonyl (C=O) groups excluding carboxylic acids is 2. The third kappa shape index (κ3) is 2.76. The van der Waals surface area contributed by atoms with Gasteiger partial charge >= 0.3 is 0 Å². The fourth-order valence-corrected chi connectivity index (χ4v) is 3.52. The average Bonchev–Trinajstić information content (AvgIpc) is 3.23. The van der Waals surface area contributed by atoms with Crippen LogP contribution in [-0.2, 0) is 14.4 Å². The molecule has 0 bridgehead atoms. The quantitative estimate of drug-likeness (QED) is 0.696. The van der Waals surface area contributed by atoms with E-state index in [1.165, 1.54) is 7.11 Å². The standard InChI is InChI=1S/C19H15BrN2O5/c1-25-13-8-3-10(9-14(13)26-2)16-15-17(27-21-16)19(24)22(18(15)23)12-6-4-11(20)5-7-12/h3-9,15,17H,1-2H3/t15-,17+/m0/s1. The minimum Gasteiger partial charge on any atom is -0.493 e. The van der Waals surface area contributed by atoms with Crippen molar-refractivity contribution in [1.82, 2.24) is 0 Å². The van der Waals surface area contributed by atoms with Crippen molar-refractivity contribution < 1.29 is 23.9 Å². The molecule has 2 atom stereocenters. The molecule has 2 heterocycles. The molecule has 2 amide bonds. The van der Waals surface area contributed by atoms with Crippen LogP contribution in [0.4, 0.5) is 5.69 Å². The number of nitrogens with zero attached hydrogens (tertiary/aromatic N) is 2. The number of carbonyl (C=O) groups is 2. The molecule has 0 unspecified atom stereocenters. The molecular formula is C19H15BrN2O5. The van der Waals surface area contributed by atoms with Gasteiger partial charge in [-0.3, -0.25) is 9.59 Å². The van der Waals surface area contributed by atoms with Crippen molar-refractivity contribution in [1.29, 1.82) is 0 Å². The van der Waals surface area contributed by atoms with Crippen LogP contribution in [0.5, 0.6) is 11.5 Å². The Morgan fingerprint density at radius 2 is 1.70 bits per heavy atom. The third-order valence-corrected chi connectivity index (χ3v) is 5.10. The van der Waals surface area contributed by atoms with Crippen LogP contribution in [0.1, 0.15) is 5.56 Å². The molecule has 0 N–H and O–H groups in total. The van der Waals surface area contributed by atoms with Crippen LogP contribution < -0.4 is 14.4 Å². The lowest BCUT2D eigenvalue weighted by atomic mass is 9.94. The van der Waals surface area contributed by atoms with Gasteiger partial charge in [-0.25, -0.2) is 4.90 Å². The summed E-state index contributed by atoms with van der Waals surface area (Å²) in [6, 6.07) is 12.1. The van der Waals surface area contributed by atoms with Gasteiger partial charge in [0.05, 0.1) is 19.9 Å². The van der Waals surface area contributed by atoms with Gasteiger partial charge in [0, 0.05) is 10.0 Å². The summed E-state index contributed by atoms with van der Waals surface area (Å²) in [5.41, 5.74) is 1.54. The maximum Gasteiger partial charge on any atom is 0.278 e. The van der Waals surface area contributed by atoms with Crippen molar-refractivity contribution in [2.24, 2.45) is 11.1 Å². The lowest BCUT2D eigenvalue weighted by Crippen LogP contribution is -2.33. The molecule has 138 valence electrons. The molecule has 0 spiro atoms. The largest absolute Gasteiger partial charge is 0.493 e. The molecule has 2 aromatic carbocycles. The Morgan fingerprint density at radius 3 is 2.37 bits per heavy atom. The van der Waals surface area contributed by atoms with Crippen LogP contribution in [0, 0.1) is 5.92 Å². The van der Waals surface area contributed by atoms with Crippen LogP contribution >= 0.6 is 15.9 Å². The molecule has 0 aliphatic carbocycles. The second-order valence-corrected chi connectivity index (χ2v) is 6.95. The monoisotopic (exact) mass is 430 g/mol. The second kappa shape index (κ2) is 6.70. The van der Waals surface area contributed by atoms with Gasteiger partial charge in [0.15, 0.2) is 11.5 Å². The van der Waals surface area contributed by atoms with E-state index in [1.54, 1.807) is 49.6 Å². The summed E-state index contributed by atoms with van der Waals surface area (Å²) in [6.07, 6.45) is -0.954. The Hall–Kier alpha value is -2.87. The van der Waals surface area contributed by atoms with E-state index < -0.39 is 17.9 Å². The van der Waals surface area contributed by atoms with Gasteiger partial charge in [0.1, 0.15) is 11.6 Å². The number of oxime groups is 1. The summed E-state index contributed by atoms with van der Waals surface area (Å²) in [4.78, 5) is 32.2. The van der Waals surface area contributed by atoms with Crippen molar-refractivity contribution in [2.75, 3.05) is 19.1 Å². The van der Waals surface area contributed by atoms with E-state index in [0.717, 1.165) is 9.37 Å². The van der Waals surface area contributed by atoms with E-state index >= 15 is 0 Å². The molecule has 2 aliphatic rings. The number of hydrogen-bond acceptors (Lipinski definition) is 6. The van der Waals surface area contributed by atoms with Crippen LogP contribution in [-0.4, -0.2) is 37.8 Å². The van der Waals surface area contributed by atoms with Crippen LogP contribution in [0.3, 0.4) is 0 Å². The Labute approximate surface area is 163 Å². The Bertz CT molecular complexity index is 957. The average molecular weight is 431 g/mol. The van der Waals surface area contributed by atoms with Crippen LogP contribution in [0.15, 0.2) is 52.1 Å². The zero-order valence-corrected chi connectivity index (χ0v) is 16.1. The number of methoxy groups -OCH3 is 2. The maximum absolute atomic E-state index is 13.0. The molecule has 1 fully saturated rings. The first kappa shape index (κ1) is 17.5. The molecule has 2 aromatic rings. The highest BCUT2D eigenvalue weighted by Crippen LogP contribution is 2.37. The van der Waals surface area contributed by atoms with Gasteiger partial charge in [-0.1, -0.05) is 21.1 Å². The smallest absolute Gasteiger partial charge is 0.278 e. The molecule has 0 saturated carbocycles. The molecule has 27 heavy (non-hydrogen) atoms. The number of anilines is 1. The topological polar surface area (TPSA) is 77.4 Å². The normalized spacial score (nSPS) is 21.0. The summed E-state index contributed by atoms with van der Waals surface area (Å²) >= 11 is 3.34. The SMILES string of the molecule is COc1ccc(C2=NO[C@H]3C(=O)N(c4ccc(Br)cc4)C(=O)[C@@H]23)cc1OC. The maximum atomic E-state index is 13.0. The molecule has 1 saturated heterocycles. The molecular weight excluding hydrogens is 416 g/mol. The molecule has 0 aromatic heterocycles. The summed E-state index contributed by atoms with van der Waals surface area (Å²) in [5, 5.41) is 4.01. The van der Waals surface area contributed by atoms with E-state index in [2.05, 4.69) is 21.1 Å². The Morgan fingerprint density at radius 1 is 1.00 bits per heavy atom. The van der Waals surface area contributed by atoms with Gasteiger partial charge in [-0.15, -0.1) is 0 Å². The summed E-state index contributed by atoms with van der Waals surface area (Å²) in [5.74, 6) is -0.519. The van der Waals surface area contributed by atoms with Crippen molar-refractivity contribution in [3.63, 3.8) is 0 Å². The zero-order chi connectivity index (χ0) is 19.1. The van der Waals surface area contributed by atoms with Gasteiger partial charge in [-0.2, -0.15) is 0 Å². The van der Waals surface area contributed by atoms with Crippen molar-refractivity contribution in [3.05, 3.63) is 52.5 Å². The molecule has 4 rings (SSSR count). The van der Waals surface area contributed by atoms with Gasteiger partial charge in [-0.05, 0) is 42.5 Å². The van der Waals surface area contributed by atoms with E-state index in [4.69, 9.17) is 14.3 Å². The number of rotatable bonds is 4. The highest BCUT2D eigenvalue weighted by Gasteiger charge is 2.56. The number of halogens is 1. The fourth-order valence-electron chi connectivity index (χ4n) is 3.26. The number of imide groups is 1. The first-order chi connectivity index (χ1) is 13.0. The number of ether oxygens (including phenoxy) is 2. The van der Waals surface area contributed by atoms with Crippen molar-refractivity contribution in [3.8, 4) is 11.5 Å². The summed E-state index contributed by atoms with van der Waals surface area (Å²) in [6.45, 7) is 0. The van der Waals surface area contributed by atoms with Gasteiger partial charge in [0.2, 0.25) is 12.0 Å². The van der Waals surface area contributed by atoms with E-state index in [-0.39, 0.29) is 5.91 Å². The highest BCUT2D eigenvalue weighted by atomic mass is 79.9. The van der Waals surface area contributed by atoms with E-state index in [0.29, 0.717) is 28.5 Å². The zero-order valence-electron chi connectivity index (χ0n) is 14.5. The fraction of sp³-hybridized carbons (Fsp3) is 0.211. The number of fused-ring (bicyclic) bond motifs is 1. The predicted molar refractivity (Wildman–Crippen MR) is 101 cm³/mol. The Kier molecular flexibility index (Phi) is 4.35. The number of benzene rings is 2. The van der Waals surface area contributed by atoms with E-state index in [9.17, 15) is 9.59 Å². The third-order valence-electron chi connectivity index (χ3n) is 4.58. The lowest BCUT2D eigenvalue weighted by molar-refractivity contribution is -0.126. The van der Waals surface area contributed by atoms with E-state index in [1.807, 2.05) is 0 Å². The number of amides is 2. The molecule has 7 nitrogen and oxygen atoms in total. The Balaban J connectivity index is 1.69. The molecule has 2 aliphatic heterocycles. The summed E-state index contributed by atoms with van der Waals surface area (Å²) < 4.78 is 11.4. The first-order valence-electron chi connectivity index (χ1n) is 8.14. The van der Waals surface area contributed by atoms with Crippen molar-refractivity contribution >= 4 is 39.1 Å².